The smallest absolute Gasteiger partial charge is 0.246 e. The summed E-state index contributed by atoms with van der Waals surface area (Å²) in [6.45, 7) is 0.336. The lowest BCUT2D eigenvalue weighted by molar-refractivity contribution is -0.125. The molecule has 0 fully saturated rings. The number of hydrogen-bond donors (Lipinski definition) is 1. The fourth-order valence-electron chi connectivity index (χ4n) is 0.533. The Labute approximate surface area is 71.3 Å². The molecule has 0 aliphatic carbocycles. The summed E-state index contributed by atoms with van der Waals surface area (Å²) in [5.74, 6) is 0.193. The molecule has 1 amide bonds. The molecule has 1 N–H and O–H groups in total. The van der Waals surface area contributed by atoms with E-state index in [2.05, 4.69) is 0 Å². The molecule has 0 saturated heterocycles. The number of alkyl halides is 1. The predicted molar refractivity (Wildman–Crippen MR) is 44.6 cm³/mol. The zero-order valence-corrected chi connectivity index (χ0v) is 7.21. The van der Waals surface area contributed by atoms with Crippen molar-refractivity contribution < 1.29 is 9.90 Å². The summed E-state index contributed by atoms with van der Waals surface area (Å²) in [4.78, 5) is 12.4. The molecule has 0 aliphatic heterocycles. The van der Waals surface area contributed by atoms with Gasteiger partial charge in [0, 0.05) is 25.5 Å². The van der Waals surface area contributed by atoms with E-state index in [1.807, 2.05) is 0 Å². The Morgan fingerprint density at radius 3 is 2.82 bits per heavy atom. The number of carbonyl (C=O) groups excluding carboxylic acids is 1. The first-order chi connectivity index (χ1) is 5.22. The van der Waals surface area contributed by atoms with E-state index in [1.54, 1.807) is 13.1 Å². The van der Waals surface area contributed by atoms with Crippen LogP contribution in [0.1, 0.15) is 0 Å². The molecule has 0 bridgehead atoms. The number of nitrogens with zero attached hydrogens (tertiary/aromatic N) is 1. The third kappa shape index (κ3) is 4.81. The molecular formula is C7H12ClNO2. The molecule has 0 unspecified atom stereocenters. The lowest BCUT2D eigenvalue weighted by Crippen LogP contribution is -2.27. The summed E-state index contributed by atoms with van der Waals surface area (Å²) >= 11 is 5.32. The Hall–Kier alpha value is -0.540. The lowest BCUT2D eigenvalue weighted by Gasteiger charge is -2.12. The molecule has 0 aromatic rings. The number of allylic oxidation sites excluding steroid dienone is 1. The van der Waals surface area contributed by atoms with E-state index in [0.29, 0.717) is 12.4 Å². The average molecular weight is 178 g/mol. The number of aliphatic hydroxyl groups excluding tert-OH is 1. The van der Waals surface area contributed by atoms with Crippen LogP contribution in [0.25, 0.3) is 0 Å². The van der Waals surface area contributed by atoms with Crippen LogP contribution >= 0.6 is 11.6 Å². The van der Waals surface area contributed by atoms with E-state index in [4.69, 9.17) is 16.7 Å². The zero-order chi connectivity index (χ0) is 8.69. The molecule has 11 heavy (non-hydrogen) atoms. The minimum atomic E-state index is -0.139. The van der Waals surface area contributed by atoms with Gasteiger partial charge in [-0.05, 0) is 0 Å². The van der Waals surface area contributed by atoms with E-state index in [-0.39, 0.29) is 12.5 Å². The Kier molecular flexibility index (Phi) is 5.88. The fraction of sp³-hybridized carbons (Fsp3) is 0.571. The van der Waals surface area contributed by atoms with Crippen molar-refractivity contribution in [1.29, 1.82) is 0 Å². The third-order valence-corrected chi connectivity index (χ3v) is 1.34. The Bertz CT molecular complexity index is 147. The standard InChI is InChI=1S/C7H12ClNO2/c1-9(5-6-10)7(11)3-2-4-8/h2-3,10H,4-6H2,1H3. The Morgan fingerprint density at radius 1 is 1.73 bits per heavy atom. The van der Waals surface area contributed by atoms with Gasteiger partial charge in [0.2, 0.25) is 5.91 Å². The first kappa shape index (κ1) is 10.5. The van der Waals surface area contributed by atoms with Gasteiger partial charge in [0.25, 0.3) is 0 Å². The second-order valence-corrected chi connectivity index (χ2v) is 2.35. The van der Waals surface area contributed by atoms with Gasteiger partial charge in [0.15, 0.2) is 0 Å². The second kappa shape index (κ2) is 6.19. The number of amides is 1. The van der Waals surface area contributed by atoms with E-state index >= 15 is 0 Å². The van der Waals surface area contributed by atoms with Gasteiger partial charge >= 0.3 is 0 Å². The molecule has 64 valence electrons. The summed E-state index contributed by atoms with van der Waals surface area (Å²) in [6.07, 6.45) is 2.96. The monoisotopic (exact) mass is 177 g/mol. The maximum atomic E-state index is 11.0. The van der Waals surface area contributed by atoms with Gasteiger partial charge in [0.1, 0.15) is 0 Å². The number of carbonyl (C=O) groups is 1. The van der Waals surface area contributed by atoms with Gasteiger partial charge in [0.05, 0.1) is 6.61 Å². The molecule has 4 heteroatoms. The number of aliphatic hydroxyl groups is 1. The Balaban J connectivity index is 3.72. The van der Waals surface area contributed by atoms with Gasteiger partial charge < -0.3 is 10.0 Å². The van der Waals surface area contributed by atoms with Crippen molar-refractivity contribution in [1.82, 2.24) is 4.90 Å². The highest BCUT2D eigenvalue weighted by atomic mass is 35.5. The van der Waals surface area contributed by atoms with Crippen LogP contribution in [0.15, 0.2) is 12.2 Å². The van der Waals surface area contributed by atoms with Crippen LogP contribution in [-0.4, -0.2) is 42.0 Å². The molecule has 0 aromatic heterocycles. The van der Waals surface area contributed by atoms with Crippen LogP contribution in [0.3, 0.4) is 0 Å². The fourth-order valence-corrected chi connectivity index (χ4v) is 0.622. The first-order valence-corrected chi connectivity index (χ1v) is 3.84. The van der Waals surface area contributed by atoms with Crippen molar-refractivity contribution in [2.45, 2.75) is 0 Å². The molecule has 0 aliphatic rings. The number of hydrogen-bond acceptors (Lipinski definition) is 2. The molecule has 0 saturated carbocycles. The maximum absolute atomic E-state index is 11.0. The van der Waals surface area contributed by atoms with Gasteiger partial charge in [-0.25, -0.2) is 0 Å². The van der Waals surface area contributed by atoms with E-state index in [1.165, 1.54) is 11.0 Å². The van der Waals surface area contributed by atoms with Crippen molar-refractivity contribution in [3.05, 3.63) is 12.2 Å². The topological polar surface area (TPSA) is 40.5 Å². The molecule has 0 heterocycles. The Morgan fingerprint density at radius 2 is 2.36 bits per heavy atom. The van der Waals surface area contributed by atoms with E-state index in [9.17, 15) is 4.79 Å². The molecular weight excluding hydrogens is 166 g/mol. The number of likely N-dealkylation sites (N-methyl/N-ethyl adjacent to an activating group) is 1. The van der Waals surface area contributed by atoms with Crippen molar-refractivity contribution in [3.63, 3.8) is 0 Å². The molecule has 0 rings (SSSR count). The number of halogens is 1. The van der Waals surface area contributed by atoms with Crippen molar-refractivity contribution in [3.8, 4) is 0 Å². The summed E-state index contributed by atoms with van der Waals surface area (Å²) < 4.78 is 0. The number of rotatable bonds is 4. The highest BCUT2D eigenvalue weighted by Gasteiger charge is 2.01. The van der Waals surface area contributed by atoms with E-state index < -0.39 is 0 Å². The highest BCUT2D eigenvalue weighted by Crippen LogP contribution is 1.86. The van der Waals surface area contributed by atoms with Crippen LogP contribution in [0.2, 0.25) is 0 Å². The second-order valence-electron chi connectivity index (χ2n) is 2.04. The lowest BCUT2D eigenvalue weighted by atomic mass is 10.4. The highest BCUT2D eigenvalue weighted by molar-refractivity contribution is 6.19. The first-order valence-electron chi connectivity index (χ1n) is 3.30. The van der Waals surface area contributed by atoms with Crippen molar-refractivity contribution in [2.24, 2.45) is 0 Å². The predicted octanol–water partition coefficient (Wildman–Crippen LogP) is 0.232. The summed E-state index contributed by atoms with van der Waals surface area (Å²) in [7, 11) is 1.62. The molecule has 0 aromatic carbocycles. The van der Waals surface area contributed by atoms with Crippen LogP contribution in [-0.2, 0) is 4.79 Å². The minimum absolute atomic E-state index is 0.0169. The SMILES string of the molecule is CN(CCO)C(=O)C=CCCl. The molecule has 3 nitrogen and oxygen atoms in total. The van der Waals surface area contributed by atoms with Gasteiger partial charge in [-0.2, -0.15) is 0 Å². The van der Waals surface area contributed by atoms with Crippen LogP contribution in [0.4, 0.5) is 0 Å². The average Bonchev–Trinajstić information content (AvgIpc) is 2.00. The van der Waals surface area contributed by atoms with Gasteiger partial charge in [-0.15, -0.1) is 11.6 Å². The van der Waals surface area contributed by atoms with Gasteiger partial charge in [-0.3, -0.25) is 4.79 Å². The summed E-state index contributed by atoms with van der Waals surface area (Å²) in [5, 5.41) is 8.47. The third-order valence-electron chi connectivity index (χ3n) is 1.16. The maximum Gasteiger partial charge on any atom is 0.246 e. The van der Waals surface area contributed by atoms with Crippen LogP contribution in [0.5, 0.6) is 0 Å². The minimum Gasteiger partial charge on any atom is -0.395 e. The van der Waals surface area contributed by atoms with Crippen LogP contribution < -0.4 is 0 Å². The van der Waals surface area contributed by atoms with E-state index in [0.717, 1.165) is 0 Å². The van der Waals surface area contributed by atoms with Crippen molar-refractivity contribution in [2.75, 3.05) is 26.1 Å². The normalized spacial score (nSPS) is 10.5. The largest absolute Gasteiger partial charge is 0.395 e. The van der Waals surface area contributed by atoms with Crippen molar-refractivity contribution >= 4 is 17.5 Å². The molecule has 0 atom stereocenters. The quantitative estimate of drug-likeness (QED) is 0.494. The molecule has 0 radical (unpaired) electrons. The summed E-state index contributed by atoms with van der Waals surface area (Å²) in [6, 6.07) is 0. The summed E-state index contributed by atoms with van der Waals surface area (Å²) in [5.41, 5.74) is 0. The molecule has 0 spiro atoms. The zero-order valence-electron chi connectivity index (χ0n) is 6.46. The van der Waals surface area contributed by atoms with Crippen LogP contribution in [0, 0.1) is 0 Å². The van der Waals surface area contributed by atoms with Gasteiger partial charge in [-0.1, -0.05) is 6.08 Å².